The van der Waals surface area contributed by atoms with Gasteiger partial charge in [0, 0.05) is 47.6 Å². The van der Waals surface area contributed by atoms with Gasteiger partial charge in [0.15, 0.2) is 22.7 Å². The van der Waals surface area contributed by atoms with Crippen LogP contribution in [0.3, 0.4) is 0 Å². The van der Waals surface area contributed by atoms with Crippen molar-refractivity contribution >= 4 is 101 Å². The molecule has 0 bridgehead atoms. The van der Waals surface area contributed by atoms with E-state index in [0.29, 0.717) is 64.3 Å². The second kappa shape index (κ2) is 25.2. The summed E-state index contributed by atoms with van der Waals surface area (Å²) in [6, 6.07) is 8.58. The molecule has 2 aromatic heterocycles. The number of allylic oxidation sites excluding steroid dienone is 4. The summed E-state index contributed by atoms with van der Waals surface area (Å²) < 4.78 is 71.1. The topological polar surface area (TPSA) is 306 Å². The SMILES string of the molecule is CC1(S(N)(=O)=O)CC1.C[C@H]1CCCCC/C=C\[C@@H]2C[C@@]2(C(=O)NS(=O)(=O)C2(C)CC2)CC(=O)[C@@H]2C[C@@H](Oc3nc4cc(Cl)ccc4o3)CN2C1=O.C[C@H]1CCCCC/C=C\[C@@H]2C[C@@]2(C(=O)O)CC(=O)[C@@H]2C[C@@H](Oc3nc4cc(Cl)ccc4o3)CN2C1=O. The number of aromatic nitrogens is 2. The van der Waals surface area contributed by atoms with Crippen molar-refractivity contribution in [1.82, 2.24) is 24.5 Å². The molecular weight excluding hydrogens is 1200 g/mol. The smallest absolute Gasteiger partial charge is 0.394 e. The molecule has 3 amide bonds. The normalized spacial score (nSPS) is 31.4. The van der Waals surface area contributed by atoms with E-state index in [4.69, 9.17) is 46.6 Å². The first kappa shape index (κ1) is 64.1. The molecule has 4 aromatic rings. The maximum atomic E-state index is 14.0. The van der Waals surface area contributed by atoms with Crippen LogP contribution in [0.2, 0.25) is 10.0 Å². The molecule has 25 heteroatoms. The minimum absolute atomic E-state index is 0.0278. The summed E-state index contributed by atoms with van der Waals surface area (Å²) in [6.45, 7) is 7.48. The third-order valence-corrected chi connectivity index (χ3v) is 23.6. The summed E-state index contributed by atoms with van der Waals surface area (Å²) >= 11 is 12.1. The van der Waals surface area contributed by atoms with Crippen LogP contribution in [0.4, 0.5) is 0 Å². The zero-order valence-corrected chi connectivity index (χ0v) is 52.7. The summed E-state index contributed by atoms with van der Waals surface area (Å²) in [7, 11) is -7.10. The van der Waals surface area contributed by atoms with Crippen molar-refractivity contribution < 1.29 is 69.0 Å². The number of benzene rings is 2. The van der Waals surface area contributed by atoms with Crippen LogP contribution < -0.4 is 19.3 Å². The highest BCUT2D eigenvalue weighted by Gasteiger charge is 2.63. The lowest BCUT2D eigenvalue weighted by Crippen LogP contribution is -2.46. The first-order valence-electron chi connectivity index (χ1n) is 30.4. The summed E-state index contributed by atoms with van der Waals surface area (Å²) in [6.07, 6.45) is 19.5. The standard InChI is InChI=1S/C31H38ClN3O7S.C27H31ClN2O6.C4H9NO2S/c1-19-8-6-4-3-5-7-9-20-16-31(20,28(38)34-43(39,40)30(2)12-13-30)17-25(36)24-15-22(18-35(24)27(19)37)41-29-33-23-14-21(32)10-11-26(23)42-29;1-16-7-5-3-2-4-6-8-17-13-27(17,25(33)34)14-22(31)21-12-19(15-30(21)24(16)32)35-26-29-20-11-18(28)9-10-23(20)36-26;1-4(2-3-4)8(5,6)7/h7,9-11,14,19-20,22,24H,3-6,8,12-13,15-18H2,1-2H3,(H,34,38);6,8-11,16-17,19,21H,2-5,7,12-15H2,1H3,(H,33,34);2-3H2,1H3,(H2,5,6,7)/b9-7-;8-6-;/t19-,20+,22+,24-,31+;16-,17+,19+,21-,27+;/m00./s1. The number of oxazole rings is 2. The van der Waals surface area contributed by atoms with Gasteiger partial charge in [0.2, 0.25) is 37.8 Å². The number of carbonyl (C=O) groups is 6. The van der Waals surface area contributed by atoms with E-state index >= 15 is 0 Å². The van der Waals surface area contributed by atoms with Gasteiger partial charge in [-0.3, -0.25) is 33.5 Å². The fraction of sp³-hybridized carbons (Fsp3) is 0.613. The highest BCUT2D eigenvalue weighted by atomic mass is 35.5. The molecule has 6 fully saturated rings. The largest absolute Gasteiger partial charge is 0.481 e. The van der Waals surface area contributed by atoms with Crippen molar-refractivity contribution in [3.8, 4) is 12.2 Å². The van der Waals surface area contributed by atoms with E-state index in [9.17, 15) is 50.7 Å². The minimum Gasteiger partial charge on any atom is -0.481 e. The third-order valence-electron chi connectivity index (χ3n) is 19.2. The molecule has 472 valence electrons. The fourth-order valence-electron chi connectivity index (χ4n) is 12.5. The average Bonchev–Trinajstić information content (AvgIpc) is 1.64. The number of carbonyl (C=O) groups excluding carboxylic acids is 5. The maximum absolute atomic E-state index is 14.0. The Labute approximate surface area is 517 Å². The highest BCUT2D eigenvalue weighted by Crippen LogP contribution is 2.59. The Morgan fingerprint density at radius 1 is 0.667 bits per heavy atom. The molecule has 87 heavy (non-hydrogen) atoms. The van der Waals surface area contributed by atoms with Gasteiger partial charge in [-0.15, -0.1) is 0 Å². The van der Waals surface area contributed by atoms with Gasteiger partial charge in [0.05, 0.1) is 45.5 Å². The van der Waals surface area contributed by atoms with Crippen LogP contribution >= 0.6 is 23.2 Å². The summed E-state index contributed by atoms with van der Waals surface area (Å²) in [5, 5.41) is 15.8. The van der Waals surface area contributed by atoms with Gasteiger partial charge >= 0.3 is 18.1 Å². The number of halogens is 2. The molecule has 21 nitrogen and oxygen atoms in total. The zero-order chi connectivity index (χ0) is 62.4. The lowest BCUT2D eigenvalue weighted by atomic mass is 9.91. The predicted octanol–water partition coefficient (Wildman–Crippen LogP) is 9.81. The molecule has 8 aliphatic rings. The Kier molecular flexibility index (Phi) is 18.6. The summed E-state index contributed by atoms with van der Waals surface area (Å²) in [5.41, 5.74) is -0.116. The van der Waals surface area contributed by atoms with Crippen LogP contribution in [-0.4, -0.2) is 124 Å². The maximum Gasteiger partial charge on any atom is 0.394 e. The number of carboxylic acid groups (broad SMARTS) is 1. The molecule has 4 N–H and O–H groups in total. The minimum atomic E-state index is -3.87. The number of aliphatic carboxylic acids is 1. The van der Waals surface area contributed by atoms with Crippen molar-refractivity contribution in [2.45, 2.75) is 190 Å². The van der Waals surface area contributed by atoms with E-state index in [2.05, 4.69) is 14.7 Å². The first-order valence-corrected chi connectivity index (χ1v) is 34.2. The van der Waals surface area contributed by atoms with E-state index in [-0.39, 0.29) is 98.0 Å². The predicted molar refractivity (Wildman–Crippen MR) is 323 cm³/mol. The number of nitrogens with two attached hydrogens (primary N) is 1. The number of hydrogen-bond donors (Lipinski definition) is 3. The summed E-state index contributed by atoms with van der Waals surface area (Å²) in [4.78, 5) is 92.3. The van der Waals surface area contributed by atoms with Crippen LogP contribution in [0.5, 0.6) is 12.2 Å². The van der Waals surface area contributed by atoms with Gasteiger partial charge in [-0.25, -0.2) is 22.0 Å². The Balaban J connectivity index is 0.000000172. The molecule has 0 unspecified atom stereocenters. The van der Waals surface area contributed by atoms with Crippen molar-refractivity contribution in [3.63, 3.8) is 0 Å². The van der Waals surface area contributed by atoms with Gasteiger partial charge in [-0.1, -0.05) is 87.0 Å². The number of nitrogens with zero attached hydrogens (tertiary/aromatic N) is 4. The van der Waals surface area contributed by atoms with E-state index < -0.39 is 76.5 Å². The number of ether oxygens (including phenoxy) is 2. The van der Waals surface area contributed by atoms with E-state index in [1.54, 1.807) is 60.0 Å². The number of hydrogen-bond acceptors (Lipinski definition) is 16. The van der Waals surface area contributed by atoms with Crippen LogP contribution in [0.1, 0.15) is 156 Å². The summed E-state index contributed by atoms with van der Waals surface area (Å²) in [5.74, 6) is -3.19. The average molecular weight is 1280 g/mol. The number of ketones is 2. The molecule has 0 spiro atoms. The van der Waals surface area contributed by atoms with Crippen LogP contribution in [0.15, 0.2) is 69.5 Å². The lowest BCUT2D eigenvalue weighted by molar-refractivity contribution is -0.147. The first-order chi connectivity index (χ1) is 41.1. The molecule has 12 rings (SSSR count). The number of Topliss-reactive ketones (excluding diaryl/α,β-unsaturated/α-hetero) is 2. The van der Waals surface area contributed by atoms with E-state index in [1.807, 2.05) is 38.2 Å². The van der Waals surface area contributed by atoms with Gasteiger partial charge in [0.1, 0.15) is 23.2 Å². The molecule has 0 radical (unpaired) electrons. The second-order valence-corrected chi connectivity index (χ2v) is 31.1. The van der Waals surface area contributed by atoms with Crippen LogP contribution in [0, 0.1) is 34.5 Å². The molecular formula is C62H78Cl2N6O15S2. The number of rotatable bonds is 9. The second-order valence-electron chi connectivity index (χ2n) is 26.0. The van der Waals surface area contributed by atoms with Gasteiger partial charge < -0.3 is 33.2 Å². The van der Waals surface area contributed by atoms with Crippen molar-refractivity contribution in [2.24, 2.45) is 39.6 Å². The Bertz CT molecular complexity index is 3620. The van der Waals surface area contributed by atoms with E-state index in [0.717, 1.165) is 70.6 Å². The quantitative estimate of drug-likeness (QED) is 0.131. The zero-order valence-electron chi connectivity index (χ0n) is 49.5. The van der Waals surface area contributed by atoms with Gasteiger partial charge in [0.25, 0.3) is 0 Å². The molecule has 10 atom stereocenters. The molecule has 4 saturated carbocycles. The molecule has 6 heterocycles. The van der Waals surface area contributed by atoms with Crippen molar-refractivity contribution in [3.05, 3.63) is 70.7 Å². The number of nitrogens with one attached hydrogen (secondary N) is 1. The number of primary sulfonamides is 1. The Morgan fingerprint density at radius 2 is 1.10 bits per heavy atom. The van der Waals surface area contributed by atoms with Crippen molar-refractivity contribution in [2.75, 3.05) is 13.1 Å². The number of fused-ring (bicyclic) bond motifs is 6. The van der Waals surface area contributed by atoms with E-state index in [1.165, 1.54) is 0 Å². The Hall–Kier alpha value is -5.88. The molecule has 2 aromatic carbocycles. The van der Waals surface area contributed by atoms with Crippen molar-refractivity contribution in [1.29, 1.82) is 0 Å². The highest BCUT2D eigenvalue weighted by molar-refractivity contribution is 7.91. The molecule has 4 aliphatic heterocycles. The fourth-order valence-corrected chi connectivity index (χ4v) is 14.8. The van der Waals surface area contributed by atoms with Gasteiger partial charge in [-0.05, 0) is 139 Å². The van der Waals surface area contributed by atoms with Crippen LogP contribution in [0.25, 0.3) is 22.2 Å². The molecule has 4 aliphatic carbocycles. The number of sulfonamides is 2. The van der Waals surface area contributed by atoms with Crippen LogP contribution in [-0.2, 0) is 48.8 Å². The third kappa shape index (κ3) is 14.3. The molecule has 2 saturated heterocycles. The van der Waals surface area contributed by atoms with Gasteiger partial charge in [-0.2, -0.15) is 9.97 Å². The number of amides is 3. The lowest BCUT2D eigenvalue weighted by Gasteiger charge is -2.27. The Morgan fingerprint density at radius 3 is 1.53 bits per heavy atom. The monoisotopic (exact) mass is 1280 g/mol. The number of carboxylic acids is 1.